The SMILES string of the molecule is O=C(c1nc(Cl)cc(Cl)n1)N(CCO)c1cc2ccccc2n1-c1ccccc1. The van der Waals surface area contributed by atoms with Crippen molar-refractivity contribution < 1.29 is 9.90 Å². The average molecular weight is 427 g/mol. The second-order valence-corrected chi connectivity index (χ2v) is 7.02. The van der Waals surface area contributed by atoms with Gasteiger partial charge in [0.15, 0.2) is 0 Å². The maximum atomic E-state index is 13.3. The van der Waals surface area contributed by atoms with Crippen molar-refractivity contribution in [3.8, 4) is 5.69 Å². The van der Waals surface area contributed by atoms with Crippen LogP contribution in [-0.2, 0) is 0 Å². The summed E-state index contributed by atoms with van der Waals surface area (Å²) in [5, 5.41) is 10.7. The minimum Gasteiger partial charge on any atom is -0.395 e. The number of hydrogen-bond acceptors (Lipinski definition) is 4. The van der Waals surface area contributed by atoms with Crippen LogP contribution < -0.4 is 4.90 Å². The Morgan fingerprint density at radius 3 is 2.31 bits per heavy atom. The first kappa shape index (κ1) is 19.4. The quantitative estimate of drug-likeness (QED) is 0.481. The third-order valence-electron chi connectivity index (χ3n) is 4.41. The number of para-hydroxylation sites is 2. The molecule has 8 heteroatoms. The lowest BCUT2D eigenvalue weighted by Gasteiger charge is -2.23. The molecular weight excluding hydrogens is 411 g/mol. The summed E-state index contributed by atoms with van der Waals surface area (Å²) in [4.78, 5) is 22.7. The van der Waals surface area contributed by atoms with Crippen LogP contribution in [0.1, 0.15) is 10.6 Å². The Morgan fingerprint density at radius 2 is 1.62 bits per heavy atom. The van der Waals surface area contributed by atoms with E-state index in [0.29, 0.717) is 5.82 Å². The fraction of sp³-hybridized carbons (Fsp3) is 0.0952. The van der Waals surface area contributed by atoms with Gasteiger partial charge in [-0.2, -0.15) is 0 Å². The summed E-state index contributed by atoms with van der Waals surface area (Å²) in [5.74, 6) is -0.0691. The summed E-state index contributed by atoms with van der Waals surface area (Å²) < 4.78 is 1.95. The monoisotopic (exact) mass is 426 g/mol. The molecule has 2 aromatic carbocycles. The van der Waals surface area contributed by atoms with Crippen LogP contribution in [0, 0.1) is 0 Å². The van der Waals surface area contributed by atoms with Gasteiger partial charge < -0.3 is 5.11 Å². The first-order chi connectivity index (χ1) is 14.1. The van der Waals surface area contributed by atoms with E-state index in [0.717, 1.165) is 16.6 Å². The van der Waals surface area contributed by atoms with Crippen molar-refractivity contribution in [3.05, 3.63) is 82.9 Å². The van der Waals surface area contributed by atoms with Gasteiger partial charge >= 0.3 is 0 Å². The Hall–Kier alpha value is -2.93. The maximum absolute atomic E-state index is 13.3. The zero-order valence-electron chi connectivity index (χ0n) is 15.2. The molecule has 2 heterocycles. The van der Waals surface area contributed by atoms with Crippen molar-refractivity contribution >= 4 is 45.8 Å². The van der Waals surface area contributed by atoms with Crippen molar-refractivity contribution in [2.75, 3.05) is 18.1 Å². The number of nitrogens with zero attached hydrogens (tertiary/aromatic N) is 4. The standard InChI is InChI=1S/C21H16Cl2N4O2/c22-17-13-18(23)25-20(24-17)21(29)26(10-11-28)19-12-14-6-4-5-9-16(14)27(19)15-7-2-1-3-8-15/h1-9,12-13,28H,10-11H2. The number of fused-ring (bicyclic) bond motifs is 1. The highest BCUT2D eigenvalue weighted by Gasteiger charge is 2.25. The minimum atomic E-state index is -0.511. The number of hydrogen-bond donors (Lipinski definition) is 1. The Bertz CT molecular complexity index is 1160. The number of carbonyl (C=O) groups excluding carboxylic acids is 1. The molecule has 146 valence electrons. The highest BCUT2D eigenvalue weighted by atomic mass is 35.5. The molecule has 4 rings (SSSR count). The van der Waals surface area contributed by atoms with Gasteiger partial charge in [0.05, 0.1) is 18.7 Å². The number of aromatic nitrogens is 3. The van der Waals surface area contributed by atoms with E-state index >= 15 is 0 Å². The largest absolute Gasteiger partial charge is 0.395 e. The molecular formula is C21H16Cl2N4O2. The number of rotatable bonds is 5. The minimum absolute atomic E-state index is 0.0511. The van der Waals surface area contributed by atoms with Crippen LogP contribution >= 0.6 is 23.2 Å². The fourth-order valence-corrected chi connectivity index (χ4v) is 3.64. The van der Waals surface area contributed by atoms with Crippen LogP contribution in [-0.4, -0.2) is 38.7 Å². The van der Waals surface area contributed by atoms with E-state index in [9.17, 15) is 9.90 Å². The van der Waals surface area contributed by atoms with Gasteiger partial charge in [-0.05, 0) is 24.3 Å². The molecule has 0 fully saturated rings. The third-order valence-corrected chi connectivity index (χ3v) is 4.79. The van der Waals surface area contributed by atoms with E-state index < -0.39 is 5.91 Å². The summed E-state index contributed by atoms with van der Waals surface area (Å²) in [6.07, 6.45) is 0. The molecule has 0 aliphatic carbocycles. The molecule has 0 saturated carbocycles. The second kappa shape index (κ2) is 8.21. The maximum Gasteiger partial charge on any atom is 0.297 e. The molecule has 0 radical (unpaired) electrons. The molecule has 0 spiro atoms. The Labute approximate surface area is 177 Å². The molecule has 0 aliphatic rings. The van der Waals surface area contributed by atoms with Gasteiger partial charge in [-0.15, -0.1) is 0 Å². The van der Waals surface area contributed by atoms with Crippen LogP contribution in [0.4, 0.5) is 5.82 Å². The number of aliphatic hydroxyl groups is 1. The second-order valence-electron chi connectivity index (χ2n) is 6.25. The molecule has 6 nitrogen and oxygen atoms in total. The highest BCUT2D eigenvalue weighted by molar-refractivity contribution is 6.33. The smallest absolute Gasteiger partial charge is 0.297 e. The van der Waals surface area contributed by atoms with E-state index in [1.165, 1.54) is 11.0 Å². The van der Waals surface area contributed by atoms with Gasteiger partial charge in [0.25, 0.3) is 5.91 Å². The average Bonchev–Trinajstić information content (AvgIpc) is 3.10. The first-order valence-electron chi connectivity index (χ1n) is 8.87. The zero-order valence-corrected chi connectivity index (χ0v) is 16.7. The number of benzene rings is 2. The topological polar surface area (TPSA) is 71.2 Å². The van der Waals surface area contributed by atoms with Crippen LogP contribution in [0.2, 0.25) is 10.3 Å². The number of halogens is 2. The lowest BCUT2D eigenvalue weighted by Crippen LogP contribution is -2.36. The van der Waals surface area contributed by atoms with E-state index in [-0.39, 0.29) is 29.3 Å². The van der Waals surface area contributed by atoms with Crippen LogP contribution in [0.15, 0.2) is 66.7 Å². The number of anilines is 1. The summed E-state index contributed by atoms with van der Waals surface area (Å²) in [6.45, 7) is -0.189. The Morgan fingerprint density at radius 1 is 0.966 bits per heavy atom. The predicted molar refractivity (Wildman–Crippen MR) is 114 cm³/mol. The van der Waals surface area contributed by atoms with Crippen LogP contribution in [0.25, 0.3) is 16.6 Å². The van der Waals surface area contributed by atoms with E-state index in [2.05, 4.69) is 9.97 Å². The number of carbonyl (C=O) groups is 1. The van der Waals surface area contributed by atoms with Crippen LogP contribution in [0.5, 0.6) is 0 Å². The van der Waals surface area contributed by atoms with Gasteiger partial charge in [0, 0.05) is 17.1 Å². The predicted octanol–water partition coefficient (Wildman–Crippen LogP) is 4.37. The van der Waals surface area contributed by atoms with Gasteiger partial charge in [-0.3, -0.25) is 14.3 Å². The van der Waals surface area contributed by atoms with Gasteiger partial charge in [0.1, 0.15) is 16.1 Å². The van der Waals surface area contributed by atoms with Crippen molar-refractivity contribution in [1.82, 2.24) is 14.5 Å². The van der Waals surface area contributed by atoms with E-state index in [1.807, 2.05) is 65.2 Å². The summed E-state index contributed by atoms with van der Waals surface area (Å²) in [5.41, 5.74) is 1.80. The molecule has 0 aliphatic heterocycles. The molecule has 0 unspecified atom stereocenters. The fourth-order valence-electron chi connectivity index (χ4n) is 3.21. The molecule has 1 N–H and O–H groups in total. The van der Waals surface area contributed by atoms with E-state index in [1.54, 1.807) is 0 Å². The highest BCUT2D eigenvalue weighted by Crippen LogP contribution is 2.31. The summed E-state index contributed by atoms with van der Waals surface area (Å²) in [7, 11) is 0. The van der Waals surface area contributed by atoms with Crippen molar-refractivity contribution in [1.29, 1.82) is 0 Å². The van der Waals surface area contributed by atoms with E-state index in [4.69, 9.17) is 23.2 Å². The molecule has 0 bridgehead atoms. The van der Waals surface area contributed by atoms with Gasteiger partial charge in [-0.25, -0.2) is 9.97 Å². The van der Waals surface area contributed by atoms with Crippen molar-refractivity contribution in [3.63, 3.8) is 0 Å². The first-order valence-corrected chi connectivity index (χ1v) is 9.63. The van der Waals surface area contributed by atoms with Crippen LogP contribution in [0.3, 0.4) is 0 Å². The van der Waals surface area contributed by atoms with Gasteiger partial charge in [0.2, 0.25) is 5.82 Å². The van der Waals surface area contributed by atoms with Crippen molar-refractivity contribution in [2.45, 2.75) is 0 Å². The summed E-state index contributed by atoms with van der Waals surface area (Å²) in [6, 6.07) is 20.7. The molecule has 0 atom stereocenters. The normalized spacial score (nSPS) is 11.0. The molecule has 4 aromatic rings. The molecule has 29 heavy (non-hydrogen) atoms. The zero-order chi connectivity index (χ0) is 20.4. The third kappa shape index (κ3) is 3.82. The van der Waals surface area contributed by atoms with Gasteiger partial charge in [-0.1, -0.05) is 59.6 Å². The lowest BCUT2D eigenvalue weighted by molar-refractivity contribution is 0.0970. The molecule has 1 amide bonds. The Balaban J connectivity index is 1.91. The van der Waals surface area contributed by atoms with Crippen molar-refractivity contribution in [2.24, 2.45) is 0 Å². The lowest BCUT2D eigenvalue weighted by atomic mass is 10.2. The number of amides is 1. The molecule has 2 aromatic heterocycles. The molecule has 0 saturated heterocycles. The Kier molecular flexibility index (Phi) is 5.49. The summed E-state index contributed by atoms with van der Waals surface area (Å²) >= 11 is 11.9. The number of aliphatic hydroxyl groups excluding tert-OH is 1.